The number of rotatable bonds is 5. The minimum absolute atomic E-state index is 0.134. The summed E-state index contributed by atoms with van der Waals surface area (Å²) in [5.41, 5.74) is 0.872. The molecule has 0 amide bonds. The van der Waals surface area contributed by atoms with Gasteiger partial charge in [0, 0.05) is 6.07 Å². The van der Waals surface area contributed by atoms with E-state index in [0.29, 0.717) is 11.1 Å². The van der Waals surface area contributed by atoms with Crippen LogP contribution in [0, 0.1) is 5.92 Å². The molecule has 1 fully saturated rings. The third-order valence-corrected chi connectivity index (χ3v) is 4.09. The van der Waals surface area contributed by atoms with Crippen LogP contribution in [0.1, 0.15) is 33.1 Å². The lowest BCUT2D eigenvalue weighted by Gasteiger charge is -2.24. The molecule has 0 atom stereocenters. The minimum Gasteiger partial charge on any atom is -0.477 e. The molecule has 102 valence electrons. The number of hydrogen-bond donors (Lipinski definition) is 0. The minimum atomic E-state index is 0.134. The highest BCUT2D eigenvalue weighted by molar-refractivity contribution is 7.19. The Balaban J connectivity index is 1.71. The van der Waals surface area contributed by atoms with Gasteiger partial charge >= 0.3 is 0 Å². The van der Waals surface area contributed by atoms with Crippen LogP contribution in [0.5, 0.6) is 11.1 Å². The zero-order chi connectivity index (χ0) is 13.2. The summed E-state index contributed by atoms with van der Waals surface area (Å²) >= 11 is 1.47. The fourth-order valence-electron chi connectivity index (χ4n) is 1.98. The third kappa shape index (κ3) is 2.97. The first kappa shape index (κ1) is 12.7. The van der Waals surface area contributed by atoms with Crippen molar-refractivity contribution in [1.29, 1.82) is 0 Å². The molecule has 0 aliphatic heterocycles. The van der Waals surface area contributed by atoms with E-state index >= 15 is 0 Å². The maximum Gasteiger partial charge on any atom is 0.276 e. The zero-order valence-electron chi connectivity index (χ0n) is 11.3. The molecule has 1 aliphatic rings. The van der Waals surface area contributed by atoms with E-state index in [2.05, 4.69) is 9.97 Å². The van der Waals surface area contributed by atoms with E-state index in [1.165, 1.54) is 30.6 Å². The topological polar surface area (TPSA) is 44.2 Å². The molecule has 3 rings (SSSR count). The Morgan fingerprint density at radius 3 is 2.84 bits per heavy atom. The van der Waals surface area contributed by atoms with E-state index in [9.17, 15) is 0 Å². The van der Waals surface area contributed by atoms with Gasteiger partial charge in [0.15, 0.2) is 4.83 Å². The second kappa shape index (κ2) is 5.33. The van der Waals surface area contributed by atoms with Gasteiger partial charge < -0.3 is 9.47 Å². The van der Waals surface area contributed by atoms with E-state index < -0.39 is 0 Å². The van der Waals surface area contributed by atoms with Gasteiger partial charge in [-0.05, 0) is 38.7 Å². The van der Waals surface area contributed by atoms with Crippen molar-refractivity contribution in [2.45, 2.75) is 39.2 Å². The molecule has 2 heterocycles. The van der Waals surface area contributed by atoms with Crippen molar-refractivity contribution < 1.29 is 9.47 Å². The number of fused-ring (bicyclic) bond motifs is 1. The zero-order valence-corrected chi connectivity index (χ0v) is 12.1. The van der Waals surface area contributed by atoms with E-state index in [1.54, 1.807) is 0 Å². The first-order valence-corrected chi connectivity index (χ1v) is 7.59. The molecule has 0 unspecified atom stereocenters. The van der Waals surface area contributed by atoms with Crippen molar-refractivity contribution in [1.82, 2.24) is 9.97 Å². The highest BCUT2D eigenvalue weighted by Gasteiger charge is 2.18. The molecular formula is C14H18N2O2S. The lowest BCUT2D eigenvalue weighted by molar-refractivity contribution is 0.176. The molecule has 5 heteroatoms. The number of hydrogen-bond acceptors (Lipinski definition) is 5. The first-order chi connectivity index (χ1) is 9.20. The van der Waals surface area contributed by atoms with Gasteiger partial charge in [-0.1, -0.05) is 17.8 Å². The highest BCUT2D eigenvalue weighted by atomic mass is 32.1. The fraction of sp³-hybridized carbons (Fsp3) is 0.571. The second-order valence-electron chi connectivity index (χ2n) is 5.23. The molecule has 0 aromatic carbocycles. The van der Waals surface area contributed by atoms with Crippen LogP contribution < -0.4 is 9.47 Å². The standard InChI is InChI=1S/C14H18N2O2S/c1-9(2)18-14-15-11-6-7-12(16-13(11)19-14)17-8-10-4-3-5-10/h6-7,9-10H,3-5,8H2,1-2H3. The summed E-state index contributed by atoms with van der Waals surface area (Å²) in [5, 5.41) is 0.675. The lowest BCUT2D eigenvalue weighted by atomic mass is 9.86. The number of pyridine rings is 1. The highest BCUT2D eigenvalue weighted by Crippen LogP contribution is 2.30. The second-order valence-corrected chi connectivity index (χ2v) is 6.17. The van der Waals surface area contributed by atoms with E-state index in [1.807, 2.05) is 26.0 Å². The molecule has 0 bridgehead atoms. The van der Waals surface area contributed by atoms with Gasteiger partial charge in [0.2, 0.25) is 5.88 Å². The van der Waals surface area contributed by atoms with Crippen LogP contribution in [0.4, 0.5) is 0 Å². The Labute approximate surface area is 116 Å². The normalized spacial score (nSPS) is 15.7. The molecular weight excluding hydrogens is 260 g/mol. The van der Waals surface area contributed by atoms with Crippen LogP contribution >= 0.6 is 11.3 Å². The van der Waals surface area contributed by atoms with E-state index in [4.69, 9.17) is 9.47 Å². The summed E-state index contributed by atoms with van der Waals surface area (Å²) < 4.78 is 11.3. The number of aromatic nitrogens is 2. The third-order valence-electron chi connectivity index (χ3n) is 3.24. The first-order valence-electron chi connectivity index (χ1n) is 6.78. The van der Waals surface area contributed by atoms with Gasteiger partial charge in [0.1, 0.15) is 5.52 Å². The van der Waals surface area contributed by atoms with Crippen LogP contribution in [0.2, 0.25) is 0 Å². The van der Waals surface area contributed by atoms with Gasteiger partial charge in [0.25, 0.3) is 5.19 Å². The van der Waals surface area contributed by atoms with Crippen LogP contribution in [-0.4, -0.2) is 22.7 Å². The van der Waals surface area contributed by atoms with Gasteiger partial charge in [-0.3, -0.25) is 0 Å². The van der Waals surface area contributed by atoms with Gasteiger partial charge in [0.05, 0.1) is 12.7 Å². The monoisotopic (exact) mass is 278 g/mol. The summed E-state index contributed by atoms with van der Waals surface area (Å²) in [6.45, 7) is 4.77. The molecule has 19 heavy (non-hydrogen) atoms. The summed E-state index contributed by atoms with van der Waals surface area (Å²) in [7, 11) is 0. The Morgan fingerprint density at radius 1 is 1.32 bits per heavy atom. The number of nitrogens with zero attached hydrogens (tertiary/aromatic N) is 2. The van der Waals surface area contributed by atoms with Gasteiger partial charge in [-0.15, -0.1) is 0 Å². The number of ether oxygens (including phenoxy) is 2. The smallest absolute Gasteiger partial charge is 0.276 e. The Kier molecular flexibility index (Phi) is 3.55. The molecule has 2 aromatic rings. The molecule has 0 spiro atoms. The summed E-state index contributed by atoms with van der Waals surface area (Å²) in [4.78, 5) is 9.76. The molecule has 2 aromatic heterocycles. The van der Waals surface area contributed by atoms with Crippen molar-refractivity contribution >= 4 is 21.7 Å². The maximum absolute atomic E-state index is 5.74. The van der Waals surface area contributed by atoms with Crippen LogP contribution in [0.3, 0.4) is 0 Å². The van der Waals surface area contributed by atoms with Crippen LogP contribution in [0.25, 0.3) is 10.3 Å². The SMILES string of the molecule is CC(C)Oc1nc2ccc(OCC3CCC3)nc2s1. The summed E-state index contributed by atoms with van der Waals surface area (Å²) in [6, 6.07) is 3.84. The van der Waals surface area contributed by atoms with Crippen LogP contribution in [-0.2, 0) is 0 Å². The molecule has 4 nitrogen and oxygen atoms in total. The average molecular weight is 278 g/mol. The van der Waals surface area contributed by atoms with Crippen molar-refractivity contribution in [3.8, 4) is 11.1 Å². The molecule has 0 N–H and O–H groups in total. The average Bonchev–Trinajstić information content (AvgIpc) is 2.67. The van der Waals surface area contributed by atoms with Crippen molar-refractivity contribution in [3.05, 3.63) is 12.1 Å². The predicted molar refractivity (Wildman–Crippen MR) is 76.0 cm³/mol. The van der Waals surface area contributed by atoms with E-state index in [-0.39, 0.29) is 6.10 Å². The Hall–Kier alpha value is -1.36. The van der Waals surface area contributed by atoms with E-state index in [0.717, 1.165) is 22.9 Å². The molecule has 1 aliphatic carbocycles. The summed E-state index contributed by atoms with van der Waals surface area (Å²) in [6.07, 6.45) is 4.05. The molecule has 0 saturated heterocycles. The quantitative estimate of drug-likeness (QED) is 0.837. The molecule has 1 saturated carbocycles. The lowest BCUT2D eigenvalue weighted by Crippen LogP contribution is -2.19. The van der Waals surface area contributed by atoms with Gasteiger partial charge in [-0.2, -0.15) is 0 Å². The largest absolute Gasteiger partial charge is 0.477 e. The van der Waals surface area contributed by atoms with Crippen molar-refractivity contribution in [2.24, 2.45) is 5.92 Å². The number of thiazole rings is 1. The Morgan fingerprint density at radius 2 is 2.16 bits per heavy atom. The van der Waals surface area contributed by atoms with Crippen molar-refractivity contribution in [3.63, 3.8) is 0 Å². The van der Waals surface area contributed by atoms with Gasteiger partial charge in [-0.25, -0.2) is 9.97 Å². The Bertz CT molecular complexity index is 564. The predicted octanol–water partition coefficient (Wildman–Crippen LogP) is 3.66. The maximum atomic E-state index is 5.74. The van der Waals surface area contributed by atoms with Crippen molar-refractivity contribution in [2.75, 3.05) is 6.61 Å². The molecule has 0 radical (unpaired) electrons. The summed E-state index contributed by atoms with van der Waals surface area (Å²) in [5.74, 6) is 1.41. The fourth-order valence-corrected chi connectivity index (χ4v) is 2.88. The van der Waals surface area contributed by atoms with Crippen LogP contribution in [0.15, 0.2) is 12.1 Å².